The maximum absolute atomic E-state index is 12.0. The van der Waals surface area contributed by atoms with Crippen LogP contribution < -0.4 is 4.74 Å². The fourth-order valence-electron chi connectivity index (χ4n) is 1.76. The largest absolute Gasteiger partial charge is 0.497 e. The number of carboxylic acid groups (broad SMARTS) is 1. The van der Waals surface area contributed by atoms with E-state index in [0.717, 1.165) is 5.56 Å². The first-order valence-electron chi connectivity index (χ1n) is 6.30. The third-order valence-electron chi connectivity index (χ3n) is 2.96. The summed E-state index contributed by atoms with van der Waals surface area (Å²) < 4.78 is 5.03. The van der Waals surface area contributed by atoms with E-state index in [1.54, 1.807) is 49.6 Å². The molecular weight excluding hydrogens is 268 g/mol. The molecule has 0 aliphatic heterocycles. The van der Waals surface area contributed by atoms with Gasteiger partial charge in [0.1, 0.15) is 5.75 Å². The van der Waals surface area contributed by atoms with Crippen LogP contribution in [0.2, 0.25) is 0 Å². The molecule has 1 N–H and O–H groups in total. The molecule has 0 aliphatic carbocycles. The minimum Gasteiger partial charge on any atom is -0.497 e. The highest BCUT2D eigenvalue weighted by atomic mass is 16.5. The molecule has 0 atom stereocenters. The van der Waals surface area contributed by atoms with Gasteiger partial charge in [0.05, 0.1) is 12.7 Å². The molecule has 4 heteroatoms. The van der Waals surface area contributed by atoms with E-state index in [0.29, 0.717) is 11.3 Å². The second-order valence-electron chi connectivity index (χ2n) is 4.35. The van der Waals surface area contributed by atoms with Crippen LogP contribution in [0.5, 0.6) is 5.75 Å². The molecule has 0 saturated carbocycles. The number of allylic oxidation sites excluding steroid dienone is 1. The lowest BCUT2D eigenvalue weighted by atomic mass is 10.1. The highest BCUT2D eigenvalue weighted by molar-refractivity contribution is 6.06. The summed E-state index contributed by atoms with van der Waals surface area (Å²) in [5.74, 6) is -0.403. The summed E-state index contributed by atoms with van der Waals surface area (Å²) in [5.41, 5.74) is 1.55. The standard InChI is InChI=1S/C17H14O4/c1-21-15-9-7-13(8-10-15)16(18)11-4-12-2-5-14(6-3-12)17(19)20/h2-11H,1H3,(H,19,20)/b11-4+. The maximum atomic E-state index is 12.0. The number of aromatic carboxylic acids is 1. The van der Waals surface area contributed by atoms with Gasteiger partial charge >= 0.3 is 5.97 Å². The third kappa shape index (κ3) is 3.79. The Balaban J connectivity index is 2.08. The van der Waals surface area contributed by atoms with Crippen LogP contribution in [-0.4, -0.2) is 24.0 Å². The molecule has 0 amide bonds. The molecule has 106 valence electrons. The lowest BCUT2D eigenvalue weighted by Gasteiger charge is -2.00. The quantitative estimate of drug-likeness (QED) is 0.675. The van der Waals surface area contributed by atoms with Gasteiger partial charge in [0.15, 0.2) is 5.78 Å². The van der Waals surface area contributed by atoms with Crippen molar-refractivity contribution in [2.45, 2.75) is 0 Å². The Morgan fingerprint density at radius 3 is 2.05 bits per heavy atom. The highest BCUT2D eigenvalue weighted by Gasteiger charge is 2.03. The monoisotopic (exact) mass is 282 g/mol. The lowest BCUT2D eigenvalue weighted by molar-refractivity contribution is 0.0696. The summed E-state index contributed by atoms with van der Waals surface area (Å²) in [6.07, 6.45) is 3.11. The fourth-order valence-corrected chi connectivity index (χ4v) is 1.76. The second-order valence-corrected chi connectivity index (χ2v) is 4.35. The van der Waals surface area contributed by atoms with Crippen LogP contribution in [0, 0.1) is 0 Å². The van der Waals surface area contributed by atoms with Gasteiger partial charge in [-0.25, -0.2) is 4.79 Å². The van der Waals surface area contributed by atoms with Crippen molar-refractivity contribution in [2.24, 2.45) is 0 Å². The number of ketones is 1. The van der Waals surface area contributed by atoms with E-state index in [1.165, 1.54) is 18.2 Å². The Morgan fingerprint density at radius 2 is 1.52 bits per heavy atom. The molecule has 2 aromatic carbocycles. The smallest absolute Gasteiger partial charge is 0.335 e. The Labute approximate surface area is 122 Å². The van der Waals surface area contributed by atoms with Gasteiger partial charge in [-0.05, 0) is 48.0 Å². The Morgan fingerprint density at radius 1 is 0.952 bits per heavy atom. The number of methoxy groups -OCH3 is 1. The van der Waals surface area contributed by atoms with E-state index < -0.39 is 5.97 Å². The van der Waals surface area contributed by atoms with Crippen LogP contribution in [0.15, 0.2) is 54.6 Å². The van der Waals surface area contributed by atoms with Gasteiger partial charge in [-0.1, -0.05) is 18.2 Å². The van der Waals surface area contributed by atoms with Crippen LogP contribution >= 0.6 is 0 Å². The molecule has 0 spiro atoms. The summed E-state index contributed by atoms with van der Waals surface area (Å²) in [6, 6.07) is 13.1. The van der Waals surface area contributed by atoms with Crippen molar-refractivity contribution in [3.05, 3.63) is 71.3 Å². The average Bonchev–Trinajstić information content (AvgIpc) is 2.53. The summed E-state index contributed by atoms with van der Waals surface area (Å²) in [5, 5.41) is 8.80. The van der Waals surface area contributed by atoms with Crippen LogP contribution in [0.3, 0.4) is 0 Å². The predicted octanol–water partition coefficient (Wildman–Crippen LogP) is 3.29. The molecule has 2 aromatic rings. The summed E-state index contributed by atoms with van der Waals surface area (Å²) in [7, 11) is 1.57. The maximum Gasteiger partial charge on any atom is 0.335 e. The van der Waals surface area contributed by atoms with E-state index in [2.05, 4.69) is 0 Å². The summed E-state index contributed by atoms with van der Waals surface area (Å²) in [4.78, 5) is 22.7. The van der Waals surface area contributed by atoms with Crippen molar-refractivity contribution in [1.29, 1.82) is 0 Å². The van der Waals surface area contributed by atoms with Gasteiger partial charge in [0, 0.05) is 5.56 Å². The third-order valence-corrected chi connectivity index (χ3v) is 2.96. The molecule has 2 rings (SSSR count). The number of benzene rings is 2. The fraction of sp³-hybridized carbons (Fsp3) is 0.0588. The van der Waals surface area contributed by atoms with Crippen molar-refractivity contribution < 1.29 is 19.4 Å². The number of carboxylic acids is 1. The van der Waals surface area contributed by atoms with Gasteiger partial charge in [-0.3, -0.25) is 4.79 Å². The van der Waals surface area contributed by atoms with Crippen molar-refractivity contribution in [1.82, 2.24) is 0 Å². The van der Waals surface area contributed by atoms with E-state index in [9.17, 15) is 9.59 Å². The number of hydrogen-bond acceptors (Lipinski definition) is 3. The molecule has 0 aromatic heterocycles. The zero-order chi connectivity index (χ0) is 15.2. The SMILES string of the molecule is COc1ccc(C(=O)/C=C/c2ccc(C(=O)O)cc2)cc1. The second kappa shape index (κ2) is 6.52. The Kier molecular flexibility index (Phi) is 4.51. The first-order valence-corrected chi connectivity index (χ1v) is 6.30. The van der Waals surface area contributed by atoms with Gasteiger partial charge in [-0.2, -0.15) is 0 Å². The molecule has 0 heterocycles. The minimum absolute atomic E-state index is 0.125. The van der Waals surface area contributed by atoms with Crippen molar-refractivity contribution in [3.63, 3.8) is 0 Å². The summed E-state index contributed by atoms with van der Waals surface area (Å²) >= 11 is 0. The molecule has 0 unspecified atom stereocenters. The molecule has 0 fully saturated rings. The number of hydrogen-bond donors (Lipinski definition) is 1. The number of ether oxygens (including phenoxy) is 1. The molecule has 4 nitrogen and oxygen atoms in total. The van der Waals surface area contributed by atoms with Crippen molar-refractivity contribution in [3.8, 4) is 5.75 Å². The number of carbonyl (C=O) groups excluding carboxylic acids is 1. The van der Waals surface area contributed by atoms with Gasteiger partial charge < -0.3 is 9.84 Å². The molecule has 0 saturated heterocycles. The zero-order valence-electron chi connectivity index (χ0n) is 11.4. The van der Waals surface area contributed by atoms with E-state index in [-0.39, 0.29) is 11.3 Å². The number of rotatable bonds is 5. The van der Waals surface area contributed by atoms with E-state index in [4.69, 9.17) is 9.84 Å². The average molecular weight is 282 g/mol. The van der Waals surface area contributed by atoms with E-state index in [1.807, 2.05) is 0 Å². The predicted molar refractivity (Wildman–Crippen MR) is 79.8 cm³/mol. The molecule has 21 heavy (non-hydrogen) atoms. The Hall–Kier alpha value is -2.88. The van der Waals surface area contributed by atoms with Crippen LogP contribution in [0.1, 0.15) is 26.3 Å². The summed E-state index contributed by atoms with van der Waals surface area (Å²) in [6.45, 7) is 0. The Bertz CT molecular complexity index is 667. The zero-order valence-corrected chi connectivity index (χ0v) is 11.4. The number of carbonyl (C=O) groups is 2. The normalized spacial score (nSPS) is 10.5. The van der Waals surface area contributed by atoms with Crippen LogP contribution in [0.4, 0.5) is 0 Å². The lowest BCUT2D eigenvalue weighted by Crippen LogP contribution is -1.95. The highest BCUT2D eigenvalue weighted by Crippen LogP contribution is 2.13. The minimum atomic E-state index is -0.972. The van der Waals surface area contributed by atoms with Crippen molar-refractivity contribution >= 4 is 17.8 Å². The van der Waals surface area contributed by atoms with Crippen LogP contribution in [0.25, 0.3) is 6.08 Å². The van der Waals surface area contributed by atoms with Crippen molar-refractivity contribution in [2.75, 3.05) is 7.11 Å². The first kappa shape index (κ1) is 14.5. The molecule has 0 radical (unpaired) electrons. The van der Waals surface area contributed by atoms with Gasteiger partial charge in [0.25, 0.3) is 0 Å². The van der Waals surface area contributed by atoms with E-state index >= 15 is 0 Å². The topological polar surface area (TPSA) is 63.6 Å². The molecular formula is C17H14O4. The molecule has 0 aliphatic rings. The van der Waals surface area contributed by atoms with Crippen LogP contribution in [-0.2, 0) is 0 Å². The molecule has 0 bridgehead atoms. The van der Waals surface area contributed by atoms with Gasteiger partial charge in [0.2, 0.25) is 0 Å². The van der Waals surface area contributed by atoms with Gasteiger partial charge in [-0.15, -0.1) is 0 Å². The first-order chi connectivity index (χ1) is 10.1.